The van der Waals surface area contributed by atoms with E-state index in [-0.39, 0.29) is 16.3 Å². The van der Waals surface area contributed by atoms with Crippen LogP contribution in [0.15, 0.2) is 18.2 Å². The number of nitrogens with one attached hydrogen (secondary N) is 1. The van der Waals surface area contributed by atoms with Gasteiger partial charge in [-0.05, 0) is 18.9 Å². The number of nitro groups is 1. The van der Waals surface area contributed by atoms with E-state index in [4.69, 9.17) is 21.2 Å². The number of hydroxylamine groups is 1. The van der Waals surface area contributed by atoms with Gasteiger partial charge >= 0.3 is 0 Å². The summed E-state index contributed by atoms with van der Waals surface area (Å²) < 4.78 is 5.29. The Morgan fingerprint density at radius 1 is 1.50 bits per heavy atom. The Kier molecular flexibility index (Phi) is 4.89. The number of amides is 1. The molecule has 1 aromatic rings. The maximum atomic E-state index is 11.8. The molecule has 108 valence electrons. The van der Waals surface area contributed by atoms with Crippen LogP contribution in [0.25, 0.3) is 0 Å². The van der Waals surface area contributed by atoms with Gasteiger partial charge in [-0.15, -0.1) is 0 Å². The van der Waals surface area contributed by atoms with Crippen molar-refractivity contribution in [1.82, 2.24) is 5.48 Å². The van der Waals surface area contributed by atoms with Crippen molar-refractivity contribution in [1.29, 1.82) is 0 Å². The summed E-state index contributed by atoms with van der Waals surface area (Å²) in [5.74, 6) is -0.570. The smallest absolute Gasteiger partial charge is 0.276 e. The monoisotopic (exact) mass is 300 g/mol. The molecule has 1 aliphatic heterocycles. The summed E-state index contributed by atoms with van der Waals surface area (Å²) in [4.78, 5) is 26.9. The Morgan fingerprint density at radius 3 is 2.90 bits per heavy atom. The lowest BCUT2D eigenvalue weighted by molar-refractivity contribution is -0.384. The molecule has 0 bridgehead atoms. The molecule has 0 saturated carbocycles. The van der Waals surface area contributed by atoms with Crippen LogP contribution < -0.4 is 5.48 Å². The molecule has 1 unspecified atom stereocenters. The van der Waals surface area contributed by atoms with Gasteiger partial charge in [-0.1, -0.05) is 11.6 Å². The van der Waals surface area contributed by atoms with E-state index < -0.39 is 17.1 Å². The number of nitrogens with zero attached hydrogens (tertiary/aromatic N) is 1. The number of carbonyl (C=O) groups excluding carboxylic acids is 1. The summed E-state index contributed by atoms with van der Waals surface area (Å²) in [6, 6.07) is 3.60. The summed E-state index contributed by atoms with van der Waals surface area (Å²) in [5.41, 5.74) is 2.17. The van der Waals surface area contributed by atoms with Gasteiger partial charge < -0.3 is 4.74 Å². The average molecular weight is 301 g/mol. The third-order valence-corrected chi connectivity index (χ3v) is 3.14. The highest BCUT2D eigenvalue weighted by molar-refractivity contribution is 6.34. The van der Waals surface area contributed by atoms with Gasteiger partial charge in [0.2, 0.25) is 0 Å². The van der Waals surface area contributed by atoms with Crippen LogP contribution in [0.5, 0.6) is 0 Å². The molecule has 0 radical (unpaired) electrons. The number of non-ortho nitro benzene ring substituents is 1. The molecule has 1 amide bonds. The summed E-state index contributed by atoms with van der Waals surface area (Å²) >= 11 is 5.84. The Morgan fingerprint density at radius 2 is 2.30 bits per heavy atom. The number of carbonyl (C=O) groups is 1. The fraction of sp³-hybridized carbons (Fsp3) is 0.417. The Hall–Kier alpha value is -1.70. The fourth-order valence-electron chi connectivity index (χ4n) is 1.78. The van der Waals surface area contributed by atoms with Crippen LogP contribution in [-0.2, 0) is 9.57 Å². The Bertz CT molecular complexity index is 517. The molecule has 0 aliphatic carbocycles. The fourth-order valence-corrected chi connectivity index (χ4v) is 2.04. The van der Waals surface area contributed by atoms with Gasteiger partial charge in [0.15, 0.2) is 6.29 Å². The largest absolute Gasteiger partial charge is 0.350 e. The minimum absolute atomic E-state index is 0.00939. The summed E-state index contributed by atoms with van der Waals surface area (Å²) in [5, 5.41) is 10.6. The molecule has 0 spiro atoms. The molecule has 2 rings (SSSR count). The molecule has 1 aromatic carbocycles. The molecule has 1 saturated heterocycles. The van der Waals surface area contributed by atoms with E-state index in [9.17, 15) is 14.9 Å². The Balaban J connectivity index is 1.96. The van der Waals surface area contributed by atoms with Crippen LogP contribution in [0.3, 0.4) is 0 Å². The van der Waals surface area contributed by atoms with E-state index in [1.54, 1.807) is 0 Å². The molecule has 1 atom stereocenters. The quantitative estimate of drug-likeness (QED) is 0.681. The first-order valence-corrected chi connectivity index (χ1v) is 6.47. The van der Waals surface area contributed by atoms with Crippen molar-refractivity contribution in [3.8, 4) is 0 Å². The number of rotatable bonds is 4. The van der Waals surface area contributed by atoms with E-state index in [2.05, 4.69) is 5.48 Å². The van der Waals surface area contributed by atoms with Crippen molar-refractivity contribution in [2.75, 3.05) is 6.61 Å². The van der Waals surface area contributed by atoms with Gasteiger partial charge in [0.1, 0.15) is 0 Å². The van der Waals surface area contributed by atoms with E-state index in [0.29, 0.717) is 13.0 Å². The molecule has 0 aromatic heterocycles. The number of halogens is 1. The van der Waals surface area contributed by atoms with Crippen LogP contribution in [0.2, 0.25) is 5.02 Å². The third kappa shape index (κ3) is 3.66. The zero-order chi connectivity index (χ0) is 14.5. The van der Waals surface area contributed by atoms with Crippen molar-refractivity contribution >= 4 is 23.2 Å². The topological polar surface area (TPSA) is 90.7 Å². The molecule has 7 nitrogen and oxygen atoms in total. The standard InChI is InChI=1S/C12H13ClN2O5/c13-10-7-8(15(17)18)4-5-9(10)12(16)14-20-11-3-1-2-6-19-11/h4-5,7,11H,1-3,6H2,(H,14,16). The van der Waals surface area contributed by atoms with Crippen molar-refractivity contribution < 1.29 is 19.3 Å². The normalized spacial score (nSPS) is 18.6. The maximum absolute atomic E-state index is 11.8. The molecular formula is C12H13ClN2O5. The van der Waals surface area contributed by atoms with Gasteiger partial charge in [-0.3, -0.25) is 14.9 Å². The van der Waals surface area contributed by atoms with Gasteiger partial charge in [0.05, 0.1) is 15.5 Å². The van der Waals surface area contributed by atoms with E-state index in [1.807, 2.05) is 0 Å². The zero-order valence-corrected chi connectivity index (χ0v) is 11.3. The number of hydrogen-bond acceptors (Lipinski definition) is 5. The summed E-state index contributed by atoms with van der Waals surface area (Å²) in [6.45, 7) is 0.596. The lowest BCUT2D eigenvalue weighted by Gasteiger charge is -2.22. The molecule has 1 N–H and O–H groups in total. The van der Waals surface area contributed by atoms with E-state index in [0.717, 1.165) is 18.9 Å². The van der Waals surface area contributed by atoms with Crippen LogP contribution in [0.1, 0.15) is 29.6 Å². The van der Waals surface area contributed by atoms with Crippen LogP contribution in [-0.4, -0.2) is 23.7 Å². The lowest BCUT2D eigenvalue weighted by atomic mass is 10.2. The molecular weight excluding hydrogens is 288 g/mol. The van der Waals surface area contributed by atoms with Crippen molar-refractivity contribution in [2.24, 2.45) is 0 Å². The highest BCUT2D eigenvalue weighted by atomic mass is 35.5. The SMILES string of the molecule is O=C(NOC1CCCCO1)c1ccc([N+](=O)[O-])cc1Cl. The second-order valence-electron chi connectivity index (χ2n) is 4.27. The molecule has 1 aliphatic rings. The predicted molar refractivity (Wildman–Crippen MR) is 70.2 cm³/mol. The lowest BCUT2D eigenvalue weighted by Crippen LogP contribution is -2.33. The number of nitro benzene ring substituents is 1. The van der Waals surface area contributed by atoms with Crippen molar-refractivity contribution in [3.05, 3.63) is 38.9 Å². The summed E-state index contributed by atoms with van der Waals surface area (Å²) in [7, 11) is 0. The predicted octanol–water partition coefficient (Wildman–Crippen LogP) is 2.44. The first-order chi connectivity index (χ1) is 9.58. The van der Waals surface area contributed by atoms with Gasteiger partial charge in [0, 0.05) is 25.2 Å². The Labute approximate surface area is 119 Å². The molecule has 8 heteroatoms. The molecule has 1 fully saturated rings. The second kappa shape index (κ2) is 6.65. The minimum Gasteiger partial charge on any atom is -0.350 e. The van der Waals surface area contributed by atoms with Crippen LogP contribution >= 0.6 is 11.6 Å². The molecule has 20 heavy (non-hydrogen) atoms. The highest BCUT2D eigenvalue weighted by Gasteiger charge is 2.18. The minimum atomic E-state index is -0.583. The van der Waals surface area contributed by atoms with Crippen LogP contribution in [0, 0.1) is 10.1 Å². The first-order valence-electron chi connectivity index (χ1n) is 6.09. The van der Waals surface area contributed by atoms with Gasteiger partial charge in [-0.25, -0.2) is 10.3 Å². The average Bonchev–Trinajstić information content (AvgIpc) is 2.45. The van der Waals surface area contributed by atoms with E-state index in [1.165, 1.54) is 12.1 Å². The second-order valence-corrected chi connectivity index (χ2v) is 4.67. The number of ether oxygens (including phenoxy) is 1. The zero-order valence-electron chi connectivity index (χ0n) is 10.5. The van der Waals surface area contributed by atoms with Crippen molar-refractivity contribution in [2.45, 2.75) is 25.6 Å². The number of hydrogen-bond donors (Lipinski definition) is 1. The van der Waals surface area contributed by atoms with Crippen LogP contribution in [0.4, 0.5) is 5.69 Å². The first kappa shape index (κ1) is 14.7. The molecule has 1 heterocycles. The highest BCUT2D eigenvalue weighted by Crippen LogP contribution is 2.22. The van der Waals surface area contributed by atoms with E-state index >= 15 is 0 Å². The third-order valence-electron chi connectivity index (χ3n) is 2.83. The maximum Gasteiger partial charge on any atom is 0.276 e. The number of benzene rings is 1. The summed E-state index contributed by atoms with van der Waals surface area (Å²) in [6.07, 6.45) is 2.18. The van der Waals surface area contributed by atoms with Crippen molar-refractivity contribution in [3.63, 3.8) is 0 Å². The van der Waals surface area contributed by atoms with Gasteiger partial charge in [-0.2, -0.15) is 0 Å². The van der Waals surface area contributed by atoms with Gasteiger partial charge in [0.25, 0.3) is 11.6 Å².